The van der Waals surface area contributed by atoms with Gasteiger partial charge in [0.05, 0.1) is 0 Å². The molecular formula is C17H27N. The van der Waals surface area contributed by atoms with E-state index in [1.807, 2.05) is 0 Å². The fraction of sp³-hybridized carbons (Fsp3) is 0.647. The van der Waals surface area contributed by atoms with Crippen molar-refractivity contribution in [2.75, 3.05) is 6.54 Å². The van der Waals surface area contributed by atoms with E-state index in [1.54, 1.807) is 0 Å². The first kappa shape index (κ1) is 13.6. The molecule has 1 fully saturated rings. The van der Waals surface area contributed by atoms with Gasteiger partial charge in [-0.2, -0.15) is 0 Å². The summed E-state index contributed by atoms with van der Waals surface area (Å²) in [6.45, 7) is 10.3. The third kappa shape index (κ3) is 3.84. The summed E-state index contributed by atoms with van der Waals surface area (Å²) in [5.41, 5.74) is 2.87. The smallest absolute Gasteiger partial charge is 0.0291 e. The van der Waals surface area contributed by atoms with E-state index < -0.39 is 0 Å². The molecule has 1 aromatic carbocycles. The largest absolute Gasteiger partial charge is 0.310 e. The van der Waals surface area contributed by atoms with Gasteiger partial charge < -0.3 is 5.32 Å². The number of benzene rings is 1. The van der Waals surface area contributed by atoms with Gasteiger partial charge in [-0.3, -0.25) is 0 Å². The molecule has 18 heavy (non-hydrogen) atoms. The van der Waals surface area contributed by atoms with Gasteiger partial charge in [-0.1, -0.05) is 45.0 Å². The zero-order valence-electron chi connectivity index (χ0n) is 12.2. The molecule has 0 radical (unpaired) electrons. The Morgan fingerprint density at radius 1 is 1.17 bits per heavy atom. The van der Waals surface area contributed by atoms with Crippen molar-refractivity contribution >= 4 is 0 Å². The number of hydrogen-bond acceptors (Lipinski definition) is 1. The molecule has 0 saturated heterocycles. The van der Waals surface area contributed by atoms with E-state index in [0.717, 1.165) is 17.8 Å². The lowest BCUT2D eigenvalue weighted by Crippen LogP contribution is -2.21. The Morgan fingerprint density at radius 3 is 2.28 bits per heavy atom. The Balaban J connectivity index is 1.83. The highest BCUT2D eigenvalue weighted by Crippen LogP contribution is 2.37. The van der Waals surface area contributed by atoms with Crippen LogP contribution in [0.25, 0.3) is 0 Å². The van der Waals surface area contributed by atoms with Crippen LogP contribution in [0.5, 0.6) is 0 Å². The summed E-state index contributed by atoms with van der Waals surface area (Å²) < 4.78 is 0. The zero-order chi connectivity index (χ0) is 13.1. The van der Waals surface area contributed by atoms with Crippen LogP contribution in [0, 0.1) is 17.8 Å². The monoisotopic (exact) mass is 245 g/mol. The Labute approximate surface area is 112 Å². The highest BCUT2D eigenvalue weighted by Gasteiger charge is 2.32. The molecule has 100 valence electrons. The molecule has 1 N–H and O–H groups in total. The normalized spacial score (nSPS) is 24.3. The maximum Gasteiger partial charge on any atom is 0.0291 e. The lowest BCUT2D eigenvalue weighted by Gasteiger charge is -2.15. The molecule has 1 aliphatic rings. The third-order valence-electron chi connectivity index (χ3n) is 4.09. The topological polar surface area (TPSA) is 12.0 Å². The van der Waals surface area contributed by atoms with Gasteiger partial charge >= 0.3 is 0 Å². The molecule has 0 aromatic heterocycles. The fourth-order valence-electron chi connectivity index (χ4n) is 2.54. The van der Waals surface area contributed by atoms with E-state index in [-0.39, 0.29) is 0 Å². The maximum atomic E-state index is 3.65. The fourth-order valence-corrected chi connectivity index (χ4v) is 2.54. The van der Waals surface area contributed by atoms with E-state index in [9.17, 15) is 0 Å². The van der Waals surface area contributed by atoms with Crippen molar-refractivity contribution in [3.05, 3.63) is 35.4 Å². The van der Waals surface area contributed by atoms with Gasteiger partial charge in [0.25, 0.3) is 0 Å². The highest BCUT2D eigenvalue weighted by molar-refractivity contribution is 5.25. The summed E-state index contributed by atoms with van der Waals surface area (Å²) >= 11 is 0. The Kier molecular flexibility index (Phi) is 4.45. The number of hydrogen-bond donors (Lipinski definition) is 1. The second kappa shape index (κ2) is 5.88. The molecule has 1 aliphatic carbocycles. The Bertz CT molecular complexity index is 366. The minimum Gasteiger partial charge on any atom is -0.310 e. The average Bonchev–Trinajstić information content (AvgIpc) is 3.02. The van der Waals surface area contributed by atoms with Crippen LogP contribution in [0.3, 0.4) is 0 Å². The van der Waals surface area contributed by atoms with E-state index in [2.05, 4.69) is 57.3 Å². The Hall–Kier alpha value is -0.820. The number of rotatable bonds is 6. The molecule has 3 atom stereocenters. The molecule has 1 heteroatoms. The summed E-state index contributed by atoms with van der Waals surface area (Å²) in [6, 6.07) is 9.61. The SMILES string of the molecule is CC(C)Cc1ccc(C(C)NCC2CC2C)cc1. The molecule has 0 heterocycles. The first-order valence-corrected chi connectivity index (χ1v) is 7.38. The maximum absolute atomic E-state index is 3.65. The first-order chi connectivity index (χ1) is 8.56. The summed E-state index contributed by atoms with van der Waals surface area (Å²) in [5.74, 6) is 2.61. The van der Waals surface area contributed by atoms with E-state index in [1.165, 1.54) is 30.5 Å². The van der Waals surface area contributed by atoms with E-state index >= 15 is 0 Å². The minimum atomic E-state index is 0.478. The predicted molar refractivity (Wildman–Crippen MR) is 78.7 cm³/mol. The second-order valence-corrected chi connectivity index (χ2v) is 6.44. The van der Waals surface area contributed by atoms with Crippen molar-refractivity contribution < 1.29 is 0 Å². The van der Waals surface area contributed by atoms with Gasteiger partial charge in [-0.15, -0.1) is 0 Å². The molecule has 0 spiro atoms. The van der Waals surface area contributed by atoms with Crippen molar-refractivity contribution in [3.8, 4) is 0 Å². The summed E-state index contributed by atoms with van der Waals surface area (Å²) in [4.78, 5) is 0. The summed E-state index contributed by atoms with van der Waals surface area (Å²) in [6.07, 6.45) is 2.59. The number of nitrogens with one attached hydrogen (secondary N) is 1. The average molecular weight is 245 g/mol. The van der Waals surface area contributed by atoms with Crippen molar-refractivity contribution in [1.82, 2.24) is 5.32 Å². The van der Waals surface area contributed by atoms with Crippen LogP contribution in [0.2, 0.25) is 0 Å². The minimum absolute atomic E-state index is 0.478. The van der Waals surface area contributed by atoms with Crippen LogP contribution in [0.15, 0.2) is 24.3 Å². The molecule has 0 bridgehead atoms. The molecule has 2 rings (SSSR count). The van der Waals surface area contributed by atoms with Gasteiger partial charge in [0, 0.05) is 6.04 Å². The highest BCUT2D eigenvalue weighted by atomic mass is 14.9. The van der Waals surface area contributed by atoms with Crippen LogP contribution in [-0.2, 0) is 6.42 Å². The van der Waals surface area contributed by atoms with Crippen LogP contribution >= 0.6 is 0 Å². The predicted octanol–water partition coefficient (Wildman–Crippen LogP) is 4.19. The van der Waals surface area contributed by atoms with Gasteiger partial charge in [0.15, 0.2) is 0 Å². The lowest BCUT2D eigenvalue weighted by molar-refractivity contribution is 0.535. The van der Waals surface area contributed by atoms with Crippen LogP contribution in [-0.4, -0.2) is 6.54 Å². The van der Waals surface area contributed by atoms with Gasteiger partial charge in [-0.25, -0.2) is 0 Å². The second-order valence-electron chi connectivity index (χ2n) is 6.44. The van der Waals surface area contributed by atoms with Crippen molar-refractivity contribution in [1.29, 1.82) is 0 Å². The molecular weight excluding hydrogens is 218 g/mol. The molecule has 0 aliphatic heterocycles. The molecule has 1 saturated carbocycles. The summed E-state index contributed by atoms with van der Waals surface area (Å²) in [5, 5.41) is 3.65. The van der Waals surface area contributed by atoms with E-state index in [4.69, 9.17) is 0 Å². The molecule has 3 unspecified atom stereocenters. The summed E-state index contributed by atoms with van der Waals surface area (Å²) in [7, 11) is 0. The third-order valence-corrected chi connectivity index (χ3v) is 4.09. The Morgan fingerprint density at radius 2 is 1.78 bits per heavy atom. The van der Waals surface area contributed by atoms with Gasteiger partial charge in [-0.05, 0) is 55.2 Å². The zero-order valence-corrected chi connectivity index (χ0v) is 12.2. The van der Waals surface area contributed by atoms with Crippen LogP contribution in [0.1, 0.15) is 51.3 Å². The lowest BCUT2D eigenvalue weighted by atomic mass is 10.00. The van der Waals surface area contributed by atoms with Gasteiger partial charge in [0.2, 0.25) is 0 Å². The van der Waals surface area contributed by atoms with E-state index in [0.29, 0.717) is 6.04 Å². The van der Waals surface area contributed by atoms with Crippen molar-refractivity contribution in [3.63, 3.8) is 0 Å². The molecule has 1 nitrogen and oxygen atoms in total. The molecule has 1 aromatic rings. The van der Waals surface area contributed by atoms with Crippen molar-refractivity contribution in [2.24, 2.45) is 17.8 Å². The quantitative estimate of drug-likeness (QED) is 0.792. The van der Waals surface area contributed by atoms with Crippen LogP contribution < -0.4 is 5.32 Å². The standard InChI is InChI=1S/C17H27N/c1-12(2)9-15-5-7-16(8-6-15)14(4)18-11-17-10-13(17)3/h5-8,12-14,17-18H,9-11H2,1-4H3. The molecule has 0 amide bonds. The first-order valence-electron chi connectivity index (χ1n) is 7.38. The van der Waals surface area contributed by atoms with Crippen LogP contribution in [0.4, 0.5) is 0 Å². The van der Waals surface area contributed by atoms with Crippen molar-refractivity contribution in [2.45, 2.75) is 46.6 Å². The van der Waals surface area contributed by atoms with Gasteiger partial charge in [0.1, 0.15) is 0 Å².